The molecule has 0 spiro atoms. The van der Waals surface area contributed by atoms with Gasteiger partial charge in [0, 0.05) is 44.3 Å². The minimum Gasteiger partial charge on any atom is -0.491 e. The van der Waals surface area contributed by atoms with Gasteiger partial charge in [-0.15, -0.1) is 35.3 Å². The Labute approximate surface area is 207 Å². The first-order valence-electron chi connectivity index (χ1n) is 10.4. The molecule has 1 heterocycles. The molecule has 9 heteroatoms. The van der Waals surface area contributed by atoms with Crippen molar-refractivity contribution >= 4 is 47.0 Å². The van der Waals surface area contributed by atoms with Crippen LogP contribution in [0.15, 0.2) is 34.6 Å². The lowest BCUT2D eigenvalue weighted by Gasteiger charge is -2.14. The van der Waals surface area contributed by atoms with Gasteiger partial charge in [0.05, 0.1) is 30.0 Å². The van der Waals surface area contributed by atoms with Gasteiger partial charge in [-0.3, -0.25) is 4.99 Å². The molecule has 0 bridgehead atoms. The third-order valence-electron chi connectivity index (χ3n) is 3.98. The van der Waals surface area contributed by atoms with Crippen LogP contribution in [-0.2, 0) is 15.9 Å². The molecule has 2 N–H and O–H groups in total. The molecule has 0 atom stereocenters. The van der Waals surface area contributed by atoms with E-state index in [-0.39, 0.29) is 30.1 Å². The molecule has 0 aliphatic heterocycles. The van der Waals surface area contributed by atoms with E-state index in [1.165, 1.54) is 0 Å². The Hall–Kier alpha value is -1.43. The average Bonchev–Trinajstić information content (AvgIpc) is 3.13. The maximum Gasteiger partial charge on any atom is 0.195 e. The summed E-state index contributed by atoms with van der Waals surface area (Å²) in [6.45, 7) is 9.39. The molecular weight excluding hydrogens is 527 g/mol. The third-order valence-corrected chi connectivity index (χ3v) is 4.80. The van der Waals surface area contributed by atoms with Crippen molar-refractivity contribution < 1.29 is 14.2 Å². The van der Waals surface area contributed by atoms with E-state index < -0.39 is 0 Å². The van der Waals surface area contributed by atoms with Crippen molar-refractivity contribution in [2.24, 2.45) is 4.99 Å². The molecular formula is C22H35IN4O3S. The molecule has 0 aliphatic rings. The van der Waals surface area contributed by atoms with E-state index in [9.17, 15) is 0 Å². The number of methoxy groups -OCH3 is 1. The fraction of sp³-hybridized carbons (Fsp3) is 0.545. The van der Waals surface area contributed by atoms with Crippen LogP contribution in [0.5, 0.6) is 5.75 Å². The number of halogens is 1. The van der Waals surface area contributed by atoms with Crippen molar-refractivity contribution in [2.45, 2.75) is 39.7 Å². The number of thiazole rings is 1. The van der Waals surface area contributed by atoms with Gasteiger partial charge in [-0.2, -0.15) is 0 Å². The van der Waals surface area contributed by atoms with Gasteiger partial charge in [0.2, 0.25) is 0 Å². The highest BCUT2D eigenvalue weighted by Gasteiger charge is 2.04. The van der Waals surface area contributed by atoms with Crippen molar-refractivity contribution in [1.29, 1.82) is 0 Å². The molecule has 0 radical (unpaired) electrons. The van der Waals surface area contributed by atoms with Crippen LogP contribution in [0.25, 0.3) is 0 Å². The molecule has 1 aromatic carbocycles. The Morgan fingerprint density at radius 2 is 1.94 bits per heavy atom. The van der Waals surface area contributed by atoms with Gasteiger partial charge in [0.15, 0.2) is 5.96 Å². The van der Waals surface area contributed by atoms with Crippen LogP contribution in [-0.4, -0.2) is 57.1 Å². The first-order chi connectivity index (χ1) is 14.6. The fourth-order valence-electron chi connectivity index (χ4n) is 2.60. The molecule has 0 saturated carbocycles. The van der Waals surface area contributed by atoms with Gasteiger partial charge in [0.25, 0.3) is 0 Å². The molecule has 1 aromatic heterocycles. The number of guanidine groups is 1. The van der Waals surface area contributed by atoms with Gasteiger partial charge in [-0.25, -0.2) is 4.98 Å². The standard InChI is InChI=1S/C22H34N4O3S.HI/c1-17(2)29-21-8-6-19(7-9-21)26-22(23-11-5-13-28-15-14-27-4)24-12-10-20-16-30-18(3)25-20;/h6-9,16-17H,5,10-15H2,1-4H3,(H2,23,24,26);1H. The van der Waals surface area contributed by atoms with Gasteiger partial charge in [0.1, 0.15) is 5.75 Å². The van der Waals surface area contributed by atoms with E-state index >= 15 is 0 Å². The number of nitrogens with zero attached hydrogens (tertiary/aromatic N) is 2. The number of nitrogens with one attached hydrogen (secondary N) is 2. The zero-order valence-electron chi connectivity index (χ0n) is 18.8. The summed E-state index contributed by atoms with van der Waals surface area (Å²) in [6, 6.07) is 7.91. The molecule has 0 fully saturated rings. The number of aryl methyl sites for hydroxylation is 1. The van der Waals surface area contributed by atoms with Crippen LogP contribution in [0.4, 0.5) is 5.69 Å². The second-order valence-corrected chi connectivity index (χ2v) is 8.10. The molecule has 7 nitrogen and oxygen atoms in total. The fourth-order valence-corrected chi connectivity index (χ4v) is 3.25. The Morgan fingerprint density at radius 3 is 2.58 bits per heavy atom. The van der Waals surface area contributed by atoms with Crippen LogP contribution in [0.1, 0.15) is 31.0 Å². The molecule has 31 heavy (non-hydrogen) atoms. The highest BCUT2D eigenvalue weighted by Crippen LogP contribution is 2.17. The van der Waals surface area contributed by atoms with Crippen LogP contribution in [0, 0.1) is 6.92 Å². The normalized spacial score (nSPS) is 11.3. The van der Waals surface area contributed by atoms with E-state index in [2.05, 4.69) is 26.0 Å². The Balaban J connectivity index is 0.00000480. The van der Waals surface area contributed by atoms with E-state index in [0.29, 0.717) is 26.4 Å². The Morgan fingerprint density at radius 1 is 1.16 bits per heavy atom. The number of hydrogen-bond donors (Lipinski definition) is 2. The van der Waals surface area contributed by atoms with Crippen molar-refractivity contribution in [3.8, 4) is 5.75 Å². The number of anilines is 1. The van der Waals surface area contributed by atoms with Gasteiger partial charge in [-0.1, -0.05) is 0 Å². The lowest BCUT2D eigenvalue weighted by Crippen LogP contribution is -2.32. The first kappa shape index (κ1) is 27.6. The zero-order chi connectivity index (χ0) is 21.6. The summed E-state index contributed by atoms with van der Waals surface area (Å²) in [5, 5.41) is 9.96. The molecule has 0 unspecified atom stereocenters. The predicted molar refractivity (Wildman–Crippen MR) is 139 cm³/mol. The van der Waals surface area contributed by atoms with Crippen molar-refractivity contribution in [1.82, 2.24) is 10.3 Å². The molecule has 0 aliphatic carbocycles. The molecule has 0 amide bonds. The molecule has 174 valence electrons. The van der Waals surface area contributed by atoms with Crippen LogP contribution < -0.4 is 15.4 Å². The molecule has 2 rings (SSSR count). The smallest absolute Gasteiger partial charge is 0.195 e. The molecule has 0 saturated heterocycles. The van der Waals surface area contributed by atoms with Crippen LogP contribution >= 0.6 is 35.3 Å². The van der Waals surface area contributed by atoms with E-state index in [0.717, 1.165) is 47.5 Å². The van der Waals surface area contributed by atoms with E-state index in [1.54, 1.807) is 18.4 Å². The monoisotopic (exact) mass is 562 g/mol. The maximum atomic E-state index is 5.71. The van der Waals surface area contributed by atoms with Gasteiger partial charge < -0.3 is 24.8 Å². The summed E-state index contributed by atoms with van der Waals surface area (Å²) < 4.78 is 16.2. The summed E-state index contributed by atoms with van der Waals surface area (Å²) in [7, 11) is 1.67. The third kappa shape index (κ3) is 12.3. The maximum absolute atomic E-state index is 5.71. The summed E-state index contributed by atoms with van der Waals surface area (Å²) in [5.74, 6) is 1.60. The number of aromatic nitrogens is 1. The number of ether oxygens (including phenoxy) is 3. The number of aliphatic imine (C=N–C) groups is 1. The Bertz CT molecular complexity index is 753. The Kier molecular flexibility index (Phi) is 14.5. The summed E-state index contributed by atoms with van der Waals surface area (Å²) in [5.41, 5.74) is 2.06. The SMILES string of the molecule is COCCOCCCN=C(NCCc1csc(C)n1)Nc1ccc(OC(C)C)cc1.I. The van der Waals surface area contributed by atoms with E-state index in [4.69, 9.17) is 14.2 Å². The number of rotatable bonds is 13. The minimum absolute atomic E-state index is 0. The van der Waals surface area contributed by atoms with Crippen molar-refractivity contribution in [3.63, 3.8) is 0 Å². The number of benzene rings is 1. The van der Waals surface area contributed by atoms with Crippen LogP contribution in [0.3, 0.4) is 0 Å². The van der Waals surface area contributed by atoms with Crippen molar-refractivity contribution in [3.05, 3.63) is 40.3 Å². The second-order valence-electron chi connectivity index (χ2n) is 7.04. The average molecular weight is 563 g/mol. The molecule has 2 aromatic rings. The summed E-state index contributed by atoms with van der Waals surface area (Å²) >= 11 is 1.68. The topological polar surface area (TPSA) is 77.0 Å². The largest absolute Gasteiger partial charge is 0.491 e. The van der Waals surface area contributed by atoms with Gasteiger partial charge >= 0.3 is 0 Å². The highest BCUT2D eigenvalue weighted by molar-refractivity contribution is 14.0. The van der Waals surface area contributed by atoms with E-state index in [1.807, 2.05) is 45.0 Å². The lowest BCUT2D eigenvalue weighted by atomic mass is 10.3. The predicted octanol–water partition coefficient (Wildman–Crippen LogP) is 4.51. The summed E-state index contributed by atoms with van der Waals surface area (Å²) in [6.07, 6.45) is 1.86. The zero-order valence-corrected chi connectivity index (χ0v) is 22.0. The van der Waals surface area contributed by atoms with Crippen LogP contribution in [0.2, 0.25) is 0 Å². The lowest BCUT2D eigenvalue weighted by molar-refractivity contribution is 0.0702. The van der Waals surface area contributed by atoms with Gasteiger partial charge in [-0.05, 0) is 51.5 Å². The second kappa shape index (κ2) is 16.2. The highest BCUT2D eigenvalue weighted by atomic mass is 127. The number of hydrogen-bond acceptors (Lipinski definition) is 6. The quantitative estimate of drug-likeness (QED) is 0.162. The minimum atomic E-state index is 0. The first-order valence-corrected chi connectivity index (χ1v) is 11.2. The summed E-state index contributed by atoms with van der Waals surface area (Å²) in [4.78, 5) is 9.19. The van der Waals surface area contributed by atoms with Crippen molar-refractivity contribution in [2.75, 3.05) is 45.3 Å².